The van der Waals surface area contributed by atoms with Crippen LogP contribution >= 0.6 is 0 Å². The van der Waals surface area contributed by atoms with Crippen molar-refractivity contribution in [2.45, 2.75) is 0 Å². The lowest BCUT2D eigenvalue weighted by molar-refractivity contribution is 1.10. The topological polar surface area (TPSA) is 17.8 Å². The fourth-order valence-corrected chi connectivity index (χ4v) is 5.73. The fourth-order valence-electron chi connectivity index (χ4n) is 5.73. The number of para-hydroxylation sites is 3. The Labute approximate surface area is 304 Å². The van der Waals surface area contributed by atoms with Crippen LogP contribution in [0.25, 0.3) is 83.0 Å². The lowest BCUT2D eigenvalue weighted by atomic mass is 9.85. The number of hydrogen-bond acceptors (Lipinski definition) is 1. The van der Waals surface area contributed by atoms with Gasteiger partial charge in [-0.15, -0.1) is 0 Å². The maximum Gasteiger partial charge on any atom is 0.145 e. The Balaban J connectivity index is 1.51. The van der Waals surface area contributed by atoms with Crippen molar-refractivity contribution in [1.82, 2.24) is 9.55 Å². The smallest absolute Gasteiger partial charge is 0.145 e. The zero-order valence-electron chi connectivity index (χ0n) is 46.0. The molecule has 0 bridgehead atoms. The Morgan fingerprint density at radius 2 is 1.02 bits per heavy atom. The first kappa shape index (κ1) is 12.9. The average molecular weight is 621 g/mol. The molecule has 1 aromatic heterocycles. The Morgan fingerprint density at radius 1 is 0.447 bits per heavy atom. The Bertz CT molecular complexity index is 3740. The zero-order chi connectivity index (χ0) is 50.3. The van der Waals surface area contributed by atoms with Gasteiger partial charge in [0.1, 0.15) is 5.82 Å². The molecule has 2 nitrogen and oxygen atoms in total. The third kappa shape index (κ3) is 4.62. The predicted octanol–water partition coefficient (Wildman–Crippen LogP) is 12.0. The number of nitrogens with zero attached hydrogens (tertiary/aromatic N) is 2. The summed E-state index contributed by atoms with van der Waals surface area (Å²) in [6.07, 6.45) is 0. The molecular formula is C45H30N2. The molecule has 1 heterocycles. The second kappa shape index (κ2) is 11.3. The third-order valence-corrected chi connectivity index (χ3v) is 7.68. The van der Waals surface area contributed by atoms with E-state index in [1.165, 1.54) is 22.8 Å². The zero-order valence-corrected chi connectivity index (χ0v) is 24.0. The minimum Gasteiger partial charge on any atom is -0.292 e. The van der Waals surface area contributed by atoms with E-state index in [9.17, 15) is 6.85 Å². The monoisotopic (exact) mass is 620 g/mol. The molecule has 0 saturated heterocycles. The molecule has 0 unspecified atom stereocenters. The number of fused-ring (bicyclic) bond motifs is 3. The van der Waals surface area contributed by atoms with Crippen LogP contribution in [0, 0.1) is 0 Å². The maximum atomic E-state index is 10.1. The van der Waals surface area contributed by atoms with Gasteiger partial charge in [0.2, 0.25) is 0 Å². The van der Waals surface area contributed by atoms with E-state index in [1.54, 1.807) is 30.3 Å². The van der Waals surface area contributed by atoms with Crippen LogP contribution in [0.3, 0.4) is 0 Å². The van der Waals surface area contributed by atoms with Crippen LogP contribution < -0.4 is 0 Å². The Hall–Kier alpha value is -6.25. The molecule has 0 amide bonds. The molecule has 9 rings (SSSR count). The van der Waals surface area contributed by atoms with Crippen LogP contribution in [-0.4, -0.2) is 9.55 Å². The highest BCUT2D eigenvalue weighted by Crippen LogP contribution is 2.45. The number of hydrogen-bond donors (Lipinski definition) is 0. The highest BCUT2D eigenvalue weighted by atomic mass is 15.1. The van der Waals surface area contributed by atoms with E-state index >= 15 is 0 Å². The second-order valence-corrected chi connectivity index (χ2v) is 10.3. The van der Waals surface area contributed by atoms with Gasteiger partial charge in [0.25, 0.3) is 0 Å². The lowest BCUT2D eigenvalue weighted by Gasteiger charge is -2.19. The van der Waals surface area contributed by atoms with Gasteiger partial charge in [0, 0.05) is 11.3 Å². The van der Waals surface area contributed by atoms with Crippen LogP contribution in [0.4, 0.5) is 0 Å². The van der Waals surface area contributed by atoms with Crippen LogP contribution in [0.15, 0.2) is 181 Å². The summed E-state index contributed by atoms with van der Waals surface area (Å²) in [6, 6.07) is -4.70. The van der Waals surface area contributed by atoms with Gasteiger partial charge in [-0.3, -0.25) is 4.57 Å². The normalized spacial score (nSPS) is 18.0. The molecule has 2 heteroatoms. The largest absolute Gasteiger partial charge is 0.292 e. The lowest BCUT2D eigenvalue weighted by Crippen LogP contribution is -1.97. The predicted molar refractivity (Wildman–Crippen MR) is 198 cm³/mol. The van der Waals surface area contributed by atoms with Gasteiger partial charge in [-0.25, -0.2) is 4.98 Å². The first-order valence-electron chi connectivity index (χ1n) is 25.3. The summed E-state index contributed by atoms with van der Waals surface area (Å²) in [5, 5.41) is -2.25. The van der Waals surface area contributed by atoms with Gasteiger partial charge in [-0.05, 0) is 91.3 Å². The molecule has 8 aromatic carbocycles. The van der Waals surface area contributed by atoms with Crippen molar-refractivity contribution in [3.63, 3.8) is 0 Å². The van der Waals surface area contributed by atoms with Gasteiger partial charge in [-0.1, -0.05) is 145 Å². The van der Waals surface area contributed by atoms with Gasteiger partial charge in [-0.2, -0.15) is 0 Å². The van der Waals surface area contributed by atoms with E-state index in [-0.39, 0.29) is 28.2 Å². The Kier molecular flexibility index (Phi) is 3.09. The maximum absolute atomic E-state index is 10.1. The molecular weight excluding hydrogens is 569 g/mol. The first-order chi connectivity index (χ1) is 32.5. The van der Waals surface area contributed by atoms with Gasteiger partial charge in [0.15, 0.2) is 0 Å². The van der Waals surface area contributed by atoms with Crippen LogP contribution in [0.5, 0.6) is 0 Å². The standard InChI is InChI=1S/C45H30N2/c1-4-15-31(16-5-1)43-37-23-10-11-24-38(37)44(32-17-6-2-7-18-32)40-30-34(27-28-39(40)43)33-19-14-20-35(29-33)45-46-41-25-12-13-26-42(41)47(45)36-21-8-3-9-22-36/h1-30H/i1D,2D,3D,4D,5D,6D,7D,8D,9D,10D,11D,15D,16D,17D,18D,21D,22D,23D,24D,27D,28D,30D. The molecule has 0 spiro atoms. The van der Waals surface area contributed by atoms with Crippen molar-refractivity contribution in [3.05, 3.63) is 181 Å². The summed E-state index contributed by atoms with van der Waals surface area (Å²) in [5.41, 5.74) is -2.11. The molecule has 220 valence electrons. The van der Waals surface area contributed by atoms with Crippen molar-refractivity contribution >= 4 is 32.6 Å². The molecule has 0 aliphatic rings. The van der Waals surface area contributed by atoms with E-state index in [2.05, 4.69) is 0 Å². The van der Waals surface area contributed by atoms with Crippen molar-refractivity contribution in [2.24, 2.45) is 0 Å². The molecule has 0 aliphatic carbocycles. The van der Waals surface area contributed by atoms with Crippen molar-refractivity contribution in [2.75, 3.05) is 0 Å². The molecule has 0 aliphatic heterocycles. The minimum absolute atomic E-state index is 0.0176. The average Bonchev–Trinajstić information content (AvgIpc) is 3.72. The molecule has 9 aromatic rings. The summed E-state index contributed by atoms with van der Waals surface area (Å²) >= 11 is 0. The number of rotatable bonds is 5. The highest BCUT2D eigenvalue weighted by Gasteiger charge is 2.18. The van der Waals surface area contributed by atoms with Crippen LogP contribution in [0.2, 0.25) is 0 Å². The van der Waals surface area contributed by atoms with E-state index in [1.807, 2.05) is 0 Å². The Morgan fingerprint density at radius 3 is 1.72 bits per heavy atom. The van der Waals surface area contributed by atoms with E-state index in [0.717, 1.165) is 0 Å². The molecule has 0 N–H and O–H groups in total. The molecule has 0 radical (unpaired) electrons. The summed E-state index contributed by atoms with van der Waals surface area (Å²) in [7, 11) is 0. The highest BCUT2D eigenvalue weighted by molar-refractivity contribution is 6.22. The number of imidazole rings is 1. The molecule has 47 heavy (non-hydrogen) atoms. The van der Waals surface area contributed by atoms with Crippen molar-refractivity contribution in [1.29, 1.82) is 0 Å². The number of benzene rings is 8. The summed E-state index contributed by atoms with van der Waals surface area (Å²) in [4.78, 5) is 4.77. The second-order valence-electron chi connectivity index (χ2n) is 10.3. The van der Waals surface area contributed by atoms with Crippen LogP contribution in [-0.2, 0) is 0 Å². The van der Waals surface area contributed by atoms with Crippen molar-refractivity contribution in [3.8, 4) is 50.5 Å². The SMILES string of the molecule is [2H]c1c([2H])c([2H])c(-c2c3c([2H])c([2H])c([2H])c([2H])c3c(-c3c([2H])c([2H])c([2H])c([2H])c3[2H])c3c([2H])c(-c4cccc(-c5nc6ccccc6n5-c5c([2H])c([2H])c([2H])c([2H])c5[2H])c4)c([2H])c([2H])c23)c([2H])c1[2H]. The van der Waals surface area contributed by atoms with Gasteiger partial charge in [0.05, 0.1) is 41.2 Å². The molecule has 0 atom stereocenters. The fraction of sp³-hybridized carbons (Fsp3) is 0. The van der Waals surface area contributed by atoms with E-state index in [0.29, 0.717) is 11.0 Å². The third-order valence-electron chi connectivity index (χ3n) is 7.68. The summed E-state index contributed by atoms with van der Waals surface area (Å²) in [5.74, 6) is 0.0480. The van der Waals surface area contributed by atoms with Crippen molar-refractivity contribution < 1.29 is 30.2 Å². The summed E-state index contributed by atoms with van der Waals surface area (Å²) in [6.45, 7) is 0. The first-order valence-corrected chi connectivity index (χ1v) is 14.3. The van der Waals surface area contributed by atoms with Gasteiger partial charge >= 0.3 is 0 Å². The minimum atomic E-state index is -0.878. The van der Waals surface area contributed by atoms with E-state index < -0.39 is 177 Å². The van der Waals surface area contributed by atoms with E-state index in [4.69, 9.17) is 28.3 Å². The number of aromatic nitrogens is 2. The van der Waals surface area contributed by atoms with Gasteiger partial charge < -0.3 is 0 Å². The molecule has 0 fully saturated rings. The van der Waals surface area contributed by atoms with Crippen LogP contribution in [0.1, 0.15) is 30.2 Å². The summed E-state index contributed by atoms with van der Waals surface area (Å²) < 4.78 is 197. The molecule has 0 saturated carbocycles. The quantitative estimate of drug-likeness (QED) is 0.175.